The van der Waals surface area contributed by atoms with Crippen molar-refractivity contribution >= 4 is 32.8 Å². The normalized spacial score (nSPS) is 15.7. The SMILES string of the molecule is CC(C)(CNC(=O)COc1ccc2c(c1)OCC(c1ccc(F)cc1)C2=O)COCC(C)(C)CC(=O)NCC(O)Cn1cc[n+](CC(O)(P(=O)(O)O)P(=O)(O)O)c1. The van der Waals surface area contributed by atoms with Gasteiger partial charge in [0.2, 0.25) is 12.2 Å². The van der Waals surface area contributed by atoms with E-state index in [0.29, 0.717) is 22.6 Å². The van der Waals surface area contributed by atoms with E-state index in [1.54, 1.807) is 30.3 Å². The van der Waals surface area contributed by atoms with Crippen molar-refractivity contribution in [1.29, 1.82) is 0 Å². The number of benzene rings is 2. The summed E-state index contributed by atoms with van der Waals surface area (Å²) in [6.45, 7) is 6.59. The van der Waals surface area contributed by atoms with Crippen molar-refractivity contribution < 1.29 is 76.5 Å². The Morgan fingerprint density at radius 2 is 1.65 bits per heavy atom. The molecule has 3 aromatic rings. The van der Waals surface area contributed by atoms with Gasteiger partial charge in [-0.3, -0.25) is 23.5 Å². The molecular formula is C36H50FN4O14P2+. The first-order valence-corrected chi connectivity index (χ1v) is 21.0. The molecule has 18 nitrogen and oxygen atoms in total. The maximum Gasteiger partial charge on any atom is 0.373 e. The first-order chi connectivity index (χ1) is 26.4. The number of hydrogen-bond acceptors (Lipinski definition) is 10. The van der Waals surface area contributed by atoms with Crippen LogP contribution in [0, 0.1) is 16.6 Å². The molecule has 314 valence electrons. The number of ether oxygens (including phenoxy) is 3. The number of rotatable bonds is 20. The summed E-state index contributed by atoms with van der Waals surface area (Å²) in [6.07, 6.45) is 2.65. The van der Waals surface area contributed by atoms with Crippen LogP contribution in [0.15, 0.2) is 61.2 Å². The number of halogens is 1. The van der Waals surface area contributed by atoms with E-state index >= 15 is 0 Å². The molecule has 21 heteroatoms. The summed E-state index contributed by atoms with van der Waals surface area (Å²) >= 11 is 0. The smallest absolute Gasteiger partial charge is 0.373 e. The average Bonchev–Trinajstić information content (AvgIpc) is 3.54. The number of aliphatic hydroxyl groups is 2. The van der Waals surface area contributed by atoms with Crippen LogP contribution in [0.25, 0.3) is 0 Å². The summed E-state index contributed by atoms with van der Waals surface area (Å²) in [6, 6.07) is 10.4. The lowest BCUT2D eigenvalue weighted by Crippen LogP contribution is -2.46. The quantitative estimate of drug-likeness (QED) is 0.0591. The maximum atomic E-state index is 13.3. The fourth-order valence-electron chi connectivity index (χ4n) is 5.81. The Hall–Kier alpha value is -4.03. The molecule has 1 aliphatic heterocycles. The molecule has 2 amide bonds. The highest BCUT2D eigenvalue weighted by atomic mass is 31.2. The number of Topliss-reactive ketones (excluding diaryl/α,β-unsaturated/α-hetero) is 1. The van der Waals surface area contributed by atoms with Crippen molar-refractivity contribution in [2.24, 2.45) is 10.8 Å². The van der Waals surface area contributed by atoms with Gasteiger partial charge < -0.3 is 54.6 Å². The van der Waals surface area contributed by atoms with E-state index in [-0.39, 0.29) is 70.1 Å². The molecule has 0 radical (unpaired) electrons. The van der Waals surface area contributed by atoms with E-state index in [4.69, 9.17) is 14.2 Å². The van der Waals surface area contributed by atoms with Crippen LogP contribution in [0.5, 0.6) is 11.5 Å². The van der Waals surface area contributed by atoms with E-state index in [1.807, 2.05) is 27.7 Å². The summed E-state index contributed by atoms with van der Waals surface area (Å²) < 4.78 is 56.2. The fourth-order valence-corrected chi connectivity index (χ4v) is 7.87. The Kier molecular flexibility index (Phi) is 14.6. The van der Waals surface area contributed by atoms with Crippen LogP contribution >= 0.6 is 15.2 Å². The monoisotopic (exact) mass is 843 g/mol. The minimum absolute atomic E-state index is 0.0534. The second kappa shape index (κ2) is 18.3. The van der Waals surface area contributed by atoms with Gasteiger partial charge in [0.1, 0.15) is 55.5 Å². The van der Waals surface area contributed by atoms with Crippen molar-refractivity contribution in [3.05, 3.63) is 78.1 Å². The number of carbonyl (C=O) groups is 3. The molecule has 0 saturated carbocycles. The van der Waals surface area contributed by atoms with Crippen LogP contribution in [0.2, 0.25) is 0 Å². The number of ketones is 1. The van der Waals surface area contributed by atoms with Crippen LogP contribution in [-0.4, -0.2) is 103 Å². The number of aromatic nitrogens is 2. The minimum atomic E-state index is -5.66. The lowest BCUT2D eigenvalue weighted by atomic mass is 9.89. The summed E-state index contributed by atoms with van der Waals surface area (Å²) in [4.78, 5) is 75.7. The van der Waals surface area contributed by atoms with Gasteiger partial charge in [0.15, 0.2) is 12.4 Å². The van der Waals surface area contributed by atoms with Gasteiger partial charge in [-0.1, -0.05) is 39.8 Å². The Labute approximate surface area is 328 Å². The molecule has 2 heterocycles. The lowest BCUT2D eigenvalue weighted by Gasteiger charge is -2.29. The predicted octanol–water partition coefficient (Wildman–Crippen LogP) is 1.41. The number of fused-ring (bicyclic) bond motifs is 1. The molecule has 57 heavy (non-hydrogen) atoms. The molecule has 2 unspecified atom stereocenters. The number of carbonyl (C=O) groups excluding carboxylic acids is 3. The van der Waals surface area contributed by atoms with Gasteiger partial charge in [0, 0.05) is 31.0 Å². The van der Waals surface area contributed by atoms with Gasteiger partial charge in [-0.05, 0) is 35.2 Å². The van der Waals surface area contributed by atoms with E-state index < -0.39 is 55.5 Å². The number of nitrogens with zero attached hydrogens (tertiary/aromatic N) is 2. The fraction of sp³-hybridized carbons (Fsp3) is 0.500. The molecule has 2 aromatic carbocycles. The highest BCUT2D eigenvalue weighted by Gasteiger charge is 2.61. The van der Waals surface area contributed by atoms with Gasteiger partial charge in [0.05, 0.1) is 24.7 Å². The third-order valence-corrected chi connectivity index (χ3v) is 12.7. The summed E-state index contributed by atoms with van der Waals surface area (Å²) in [5.74, 6) is -1.18. The molecule has 0 fully saturated rings. The Balaban J connectivity index is 1.13. The van der Waals surface area contributed by atoms with E-state index in [0.717, 1.165) is 4.57 Å². The molecule has 0 aliphatic carbocycles. The topological polar surface area (TPSA) is 267 Å². The van der Waals surface area contributed by atoms with Gasteiger partial charge in [-0.25, -0.2) is 13.5 Å². The number of imidazole rings is 1. The van der Waals surface area contributed by atoms with Gasteiger partial charge in [0.25, 0.3) is 5.91 Å². The number of amides is 2. The summed E-state index contributed by atoms with van der Waals surface area (Å²) in [7, 11) is -11.3. The highest BCUT2D eigenvalue weighted by molar-refractivity contribution is 7.72. The summed E-state index contributed by atoms with van der Waals surface area (Å²) in [5, 5.41) is 22.4. The molecule has 1 aromatic heterocycles. The largest absolute Gasteiger partial charge is 0.492 e. The molecule has 0 spiro atoms. The first kappa shape index (κ1) is 45.7. The predicted molar refractivity (Wildman–Crippen MR) is 200 cm³/mol. The van der Waals surface area contributed by atoms with E-state index in [9.17, 15) is 57.7 Å². The van der Waals surface area contributed by atoms with Gasteiger partial charge in [-0.2, -0.15) is 0 Å². The Morgan fingerprint density at radius 1 is 1.00 bits per heavy atom. The van der Waals surface area contributed by atoms with Crippen LogP contribution in [0.1, 0.15) is 56.0 Å². The van der Waals surface area contributed by atoms with Crippen LogP contribution in [0.3, 0.4) is 0 Å². The second-order valence-corrected chi connectivity index (χ2v) is 19.6. The van der Waals surface area contributed by atoms with Crippen molar-refractivity contribution in [3.8, 4) is 11.5 Å². The van der Waals surface area contributed by atoms with Crippen molar-refractivity contribution in [2.75, 3.05) is 39.5 Å². The maximum absolute atomic E-state index is 13.3. The zero-order valence-corrected chi connectivity index (χ0v) is 33.7. The van der Waals surface area contributed by atoms with E-state index in [2.05, 4.69) is 10.6 Å². The number of hydrogen-bond donors (Lipinski definition) is 8. The molecule has 4 rings (SSSR count). The zero-order valence-electron chi connectivity index (χ0n) is 31.9. The number of aliphatic hydroxyl groups excluding tert-OH is 1. The first-order valence-electron chi connectivity index (χ1n) is 17.8. The highest BCUT2D eigenvalue weighted by Crippen LogP contribution is 2.67. The van der Waals surface area contributed by atoms with Gasteiger partial charge >= 0.3 is 20.3 Å². The standard InChI is InChI=1S/C36H49FN4O14P2/c1-34(2,14-31(43)38-15-26(42)16-40-11-12-41(23-40)20-36(46,56(47,48)49)57(50,51)52)21-53-22-35(3,4)19-39-32(44)18-54-27-9-10-28-30(13-27)55-17-29(33(28)45)24-5-7-25(37)8-6-24/h5-13,23,26,29,42,46H,14-22H2,1-4H3,(H5-,38,39,43,44,47,48,49,50,51,52)/p+1. The third-order valence-electron chi connectivity index (χ3n) is 9.00. The zero-order chi connectivity index (χ0) is 42.4. The Bertz CT molecular complexity index is 1970. The lowest BCUT2D eigenvalue weighted by molar-refractivity contribution is -0.703. The average molecular weight is 844 g/mol. The molecule has 1 aliphatic rings. The molecule has 8 N–H and O–H groups in total. The van der Waals surface area contributed by atoms with E-state index in [1.165, 1.54) is 35.4 Å². The van der Waals surface area contributed by atoms with Crippen molar-refractivity contribution in [1.82, 2.24) is 15.2 Å². The van der Waals surface area contributed by atoms with Gasteiger partial charge in [-0.15, -0.1) is 0 Å². The second-order valence-electron chi connectivity index (χ2n) is 15.6. The van der Waals surface area contributed by atoms with Crippen LogP contribution in [0.4, 0.5) is 4.39 Å². The van der Waals surface area contributed by atoms with Crippen molar-refractivity contribution in [3.63, 3.8) is 0 Å². The Morgan fingerprint density at radius 3 is 2.30 bits per heavy atom. The molecule has 2 atom stereocenters. The third kappa shape index (κ3) is 12.7. The molecular weight excluding hydrogens is 793 g/mol. The van der Waals surface area contributed by atoms with Crippen LogP contribution < -0.4 is 24.7 Å². The van der Waals surface area contributed by atoms with Crippen molar-refractivity contribution in [2.45, 2.75) is 64.3 Å². The molecule has 0 bridgehead atoms. The number of nitrogens with one attached hydrogen (secondary N) is 2. The summed E-state index contributed by atoms with van der Waals surface area (Å²) in [5.41, 5.74) is -0.0706. The molecule has 0 saturated heterocycles. The minimum Gasteiger partial charge on any atom is -0.492 e. The van der Waals surface area contributed by atoms with Crippen LogP contribution in [-0.2, 0) is 36.5 Å².